The zero-order valence-corrected chi connectivity index (χ0v) is 21.6. The Morgan fingerprint density at radius 1 is 1.05 bits per heavy atom. The van der Waals surface area contributed by atoms with Crippen molar-refractivity contribution in [2.24, 2.45) is 0 Å². The van der Waals surface area contributed by atoms with Crippen LogP contribution in [0.2, 0.25) is 5.02 Å². The molecule has 6 heteroatoms. The summed E-state index contributed by atoms with van der Waals surface area (Å²) in [6, 6.07) is 10.1. The zero-order chi connectivity index (χ0) is 25.8. The Bertz CT molecular complexity index is 1280. The molecular weight excluding hydrogens is 492 g/mol. The van der Waals surface area contributed by atoms with Gasteiger partial charge < -0.3 is 9.84 Å². The van der Waals surface area contributed by atoms with Crippen molar-refractivity contribution in [1.82, 2.24) is 4.90 Å². The number of ether oxygens (including phenoxy) is 1. The minimum absolute atomic E-state index is 0.0976. The molecule has 1 aliphatic heterocycles. The number of benzene rings is 2. The molecular formula is C31H32ClF2NO2. The van der Waals surface area contributed by atoms with Crippen LogP contribution in [0.5, 0.6) is 5.75 Å². The zero-order valence-electron chi connectivity index (χ0n) is 20.9. The topological polar surface area (TPSA) is 32.7 Å². The molecule has 194 valence electrons. The van der Waals surface area contributed by atoms with Gasteiger partial charge in [-0.3, -0.25) is 9.29 Å². The molecule has 1 N–H and O–H groups in total. The molecule has 0 saturated carbocycles. The highest BCUT2D eigenvalue weighted by atomic mass is 35.5. The van der Waals surface area contributed by atoms with Crippen molar-refractivity contribution >= 4 is 22.7 Å². The van der Waals surface area contributed by atoms with Crippen LogP contribution in [0.25, 0.3) is 11.1 Å². The Morgan fingerprint density at radius 2 is 1.95 bits per heavy atom. The van der Waals surface area contributed by atoms with Crippen LogP contribution in [0.15, 0.2) is 72.0 Å². The summed E-state index contributed by atoms with van der Waals surface area (Å²) in [5.41, 5.74) is 6.05. The highest BCUT2D eigenvalue weighted by Crippen LogP contribution is 2.43. The molecule has 37 heavy (non-hydrogen) atoms. The van der Waals surface area contributed by atoms with Gasteiger partial charge in [0.05, 0.1) is 11.7 Å². The predicted molar refractivity (Wildman–Crippen MR) is 146 cm³/mol. The highest BCUT2D eigenvalue weighted by molar-refractivity contribution is 6.32. The van der Waals surface area contributed by atoms with Crippen molar-refractivity contribution in [3.8, 4) is 5.75 Å². The third-order valence-electron chi connectivity index (χ3n) is 7.31. The fourth-order valence-corrected chi connectivity index (χ4v) is 5.83. The van der Waals surface area contributed by atoms with Crippen molar-refractivity contribution in [3.63, 3.8) is 0 Å². The Kier molecular flexibility index (Phi) is 8.11. The van der Waals surface area contributed by atoms with Gasteiger partial charge in [0.1, 0.15) is 23.4 Å². The van der Waals surface area contributed by atoms with Gasteiger partial charge in [-0.1, -0.05) is 35.9 Å². The number of aromatic hydroxyl groups is 1. The third-order valence-corrected chi connectivity index (χ3v) is 7.62. The number of fused-ring (bicyclic) bond motifs is 1. The lowest BCUT2D eigenvalue weighted by atomic mass is 9.87. The van der Waals surface area contributed by atoms with Crippen molar-refractivity contribution in [3.05, 3.63) is 99.6 Å². The lowest BCUT2D eigenvalue weighted by Crippen LogP contribution is -2.24. The maximum atomic E-state index is 13.9. The van der Waals surface area contributed by atoms with Gasteiger partial charge in [-0.25, -0.2) is 4.39 Å². The standard InChI is InChI=1S/C31H32ClF2NO2/c32-30-18-23(34)10-13-27(30)28-7-2-4-21-8-11-24(36)19-29(21)31(28)22-5-1-6-25(12-9-22)37-26-14-17-35(20-26)16-3-15-33/h5-6,8-13,18-19,26,36H,1-4,7,14-17,20H2/t26-/m0/s1. The highest BCUT2D eigenvalue weighted by Gasteiger charge is 2.25. The van der Waals surface area contributed by atoms with Gasteiger partial charge in [0.25, 0.3) is 0 Å². The monoisotopic (exact) mass is 523 g/mol. The second-order valence-corrected chi connectivity index (χ2v) is 10.3. The number of hydrogen-bond acceptors (Lipinski definition) is 3. The molecule has 0 amide bonds. The summed E-state index contributed by atoms with van der Waals surface area (Å²) in [4.78, 5) is 2.26. The van der Waals surface area contributed by atoms with E-state index < -0.39 is 0 Å². The molecule has 0 aromatic heterocycles. The summed E-state index contributed by atoms with van der Waals surface area (Å²) < 4.78 is 32.8. The maximum absolute atomic E-state index is 13.9. The molecule has 3 aliphatic rings. The summed E-state index contributed by atoms with van der Waals surface area (Å²) in [7, 11) is 0. The predicted octanol–water partition coefficient (Wildman–Crippen LogP) is 7.65. The second kappa shape index (κ2) is 11.7. The van der Waals surface area contributed by atoms with E-state index in [1.54, 1.807) is 12.1 Å². The minimum atomic E-state index is -0.364. The molecule has 1 fully saturated rings. The maximum Gasteiger partial charge on any atom is 0.124 e. The Labute approximate surface area is 222 Å². The smallest absolute Gasteiger partial charge is 0.124 e. The summed E-state index contributed by atoms with van der Waals surface area (Å²) in [6.07, 6.45) is 13.2. The first-order chi connectivity index (χ1) is 18.0. The average Bonchev–Trinajstić information content (AvgIpc) is 3.08. The number of hydrogen-bond donors (Lipinski definition) is 1. The Hall–Kier alpha value is -2.89. The molecule has 0 radical (unpaired) electrons. The van der Waals surface area contributed by atoms with Crippen molar-refractivity contribution in [2.75, 3.05) is 26.3 Å². The molecule has 1 atom stereocenters. The van der Waals surface area contributed by atoms with Crippen LogP contribution in [-0.4, -0.2) is 42.4 Å². The van der Waals surface area contributed by atoms with Crippen molar-refractivity contribution in [1.29, 1.82) is 0 Å². The van der Waals surface area contributed by atoms with Crippen LogP contribution in [0.3, 0.4) is 0 Å². The Morgan fingerprint density at radius 3 is 2.78 bits per heavy atom. The van der Waals surface area contributed by atoms with E-state index in [-0.39, 0.29) is 24.3 Å². The quantitative estimate of drug-likeness (QED) is 0.404. The number of phenolic OH excluding ortho intramolecular Hbond substituents is 1. The summed E-state index contributed by atoms with van der Waals surface area (Å²) >= 11 is 6.56. The lowest BCUT2D eigenvalue weighted by molar-refractivity contribution is 0.128. The summed E-state index contributed by atoms with van der Waals surface area (Å²) in [5.74, 6) is 0.675. The third kappa shape index (κ3) is 6.00. The van der Waals surface area contributed by atoms with Gasteiger partial charge in [-0.15, -0.1) is 0 Å². The molecule has 5 rings (SSSR count). The van der Waals surface area contributed by atoms with Gasteiger partial charge in [-0.05, 0) is 108 Å². The number of allylic oxidation sites excluding steroid dienone is 7. The van der Waals surface area contributed by atoms with Crippen molar-refractivity contribution < 1.29 is 18.6 Å². The first-order valence-electron chi connectivity index (χ1n) is 13.1. The van der Waals surface area contributed by atoms with Gasteiger partial charge in [0, 0.05) is 19.6 Å². The summed E-state index contributed by atoms with van der Waals surface area (Å²) in [6.45, 7) is 2.23. The number of likely N-dealkylation sites (tertiary alicyclic amines) is 1. The normalized spacial score (nSPS) is 20.2. The van der Waals surface area contributed by atoms with Gasteiger partial charge in [0.2, 0.25) is 0 Å². The molecule has 1 saturated heterocycles. The van der Waals surface area contributed by atoms with E-state index in [2.05, 4.69) is 23.1 Å². The fraction of sp³-hybridized carbons (Fsp3) is 0.355. The van der Waals surface area contributed by atoms with E-state index in [9.17, 15) is 13.9 Å². The number of halogens is 3. The van der Waals surface area contributed by atoms with Crippen LogP contribution in [0.4, 0.5) is 8.78 Å². The van der Waals surface area contributed by atoms with Crippen LogP contribution in [0, 0.1) is 5.82 Å². The number of rotatable bonds is 7. The molecule has 2 aromatic rings. The number of phenols is 1. The van der Waals surface area contributed by atoms with E-state index in [1.807, 2.05) is 18.2 Å². The van der Waals surface area contributed by atoms with Crippen molar-refractivity contribution in [2.45, 2.75) is 44.6 Å². The first-order valence-corrected chi connectivity index (χ1v) is 13.4. The molecule has 3 nitrogen and oxygen atoms in total. The summed E-state index contributed by atoms with van der Waals surface area (Å²) in [5, 5.41) is 10.8. The molecule has 0 unspecified atom stereocenters. The van der Waals surface area contributed by atoms with Crippen LogP contribution >= 0.6 is 11.6 Å². The van der Waals surface area contributed by atoms with Gasteiger partial charge in [0.15, 0.2) is 0 Å². The molecule has 2 aromatic carbocycles. The molecule has 1 heterocycles. The fourth-order valence-electron chi connectivity index (χ4n) is 5.55. The lowest BCUT2D eigenvalue weighted by Gasteiger charge is -2.18. The largest absolute Gasteiger partial charge is 0.508 e. The van der Waals surface area contributed by atoms with E-state index >= 15 is 0 Å². The minimum Gasteiger partial charge on any atom is -0.508 e. The van der Waals surface area contributed by atoms with Gasteiger partial charge >= 0.3 is 0 Å². The van der Waals surface area contributed by atoms with E-state index in [0.717, 1.165) is 78.9 Å². The Balaban J connectivity index is 1.47. The average molecular weight is 524 g/mol. The molecule has 2 aliphatic carbocycles. The van der Waals surface area contributed by atoms with E-state index in [0.29, 0.717) is 17.9 Å². The van der Waals surface area contributed by atoms with E-state index in [1.165, 1.54) is 17.7 Å². The van der Waals surface area contributed by atoms with Crippen LogP contribution in [-0.2, 0) is 11.2 Å². The number of aryl methyl sites for hydroxylation is 1. The number of alkyl halides is 1. The number of nitrogens with zero attached hydrogens (tertiary/aromatic N) is 1. The van der Waals surface area contributed by atoms with Gasteiger partial charge in [-0.2, -0.15) is 0 Å². The van der Waals surface area contributed by atoms with Crippen LogP contribution in [0.1, 0.15) is 48.8 Å². The van der Waals surface area contributed by atoms with Crippen LogP contribution < -0.4 is 0 Å². The van der Waals surface area contributed by atoms with E-state index in [4.69, 9.17) is 16.3 Å². The molecule has 0 bridgehead atoms. The second-order valence-electron chi connectivity index (χ2n) is 9.88. The first kappa shape index (κ1) is 25.7. The SMILES string of the molecule is Oc1ccc2c(c1)C(C1=CCC=C(O[C@H]3CCN(CCCF)C3)C=C1)=C(c1ccc(F)cc1Cl)CCC2. The molecule has 0 spiro atoms.